The predicted octanol–water partition coefficient (Wildman–Crippen LogP) is 4.85. The number of hydrogen-bond acceptors (Lipinski definition) is 6. The van der Waals surface area contributed by atoms with E-state index < -0.39 is 17.7 Å². The molecule has 8 nitrogen and oxygen atoms in total. The standard InChI is InChI=1S/C32H36F2N4O4/c1-21-30(38(26-7-5-4-6-8-26)35-31(21)23-11-13-36(14-12-23)22(2)39)19-27(40)17-25-20-37(15-16-41-3)42-32(25)24-9-10-28(33)29(34)18-24/h4-11,18,25,32H,12-17,19-20H2,1-3H3/t25-,32+/m1/s1. The maximum atomic E-state index is 14.1. The number of hydrogen-bond donors (Lipinski definition) is 0. The van der Waals surface area contributed by atoms with Gasteiger partial charge in [0.2, 0.25) is 5.91 Å². The van der Waals surface area contributed by atoms with Crippen molar-refractivity contribution in [1.82, 2.24) is 19.7 Å². The average molecular weight is 579 g/mol. The second kappa shape index (κ2) is 13.1. The van der Waals surface area contributed by atoms with Crippen LogP contribution in [0, 0.1) is 24.5 Å². The first kappa shape index (κ1) is 29.8. The van der Waals surface area contributed by atoms with Crippen LogP contribution in [0.15, 0.2) is 54.6 Å². The van der Waals surface area contributed by atoms with E-state index in [1.54, 1.807) is 24.0 Å². The summed E-state index contributed by atoms with van der Waals surface area (Å²) in [5.41, 5.74) is 4.96. The molecule has 0 unspecified atom stereocenters. The fraction of sp³-hybridized carbons (Fsp3) is 0.406. The lowest BCUT2D eigenvalue weighted by atomic mass is 9.90. The number of carbonyl (C=O) groups excluding carboxylic acids is 2. The summed E-state index contributed by atoms with van der Waals surface area (Å²) in [5, 5.41) is 6.68. The summed E-state index contributed by atoms with van der Waals surface area (Å²) in [6.45, 7) is 6.09. The number of ether oxygens (including phenoxy) is 1. The summed E-state index contributed by atoms with van der Waals surface area (Å²) in [4.78, 5) is 33.4. The molecule has 0 radical (unpaired) electrons. The van der Waals surface area contributed by atoms with Gasteiger partial charge in [-0.15, -0.1) is 0 Å². The number of hydroxylamine groups is 2. The Kier molecular flexibility index (Phi) is 9.25. The highest BCUT2D eigenvalue weighted by Crippen LogP contribution is 2.37. The van der Waals surface area contributed by atoms with Crippen molar-refractivity contribution in [2.75, 3.05) is 39.9 Å². The topological polar surface area (TPSA) is 76.9 Å². The van der Waals surface area contributed by atoms with E-state index in [-0.39, 0.29) is 30.4 Å². The number of carbonyl (C=O) groups is 2. The highest BCUT2D eigenvalue weighted by molar-refractivity contribution is 5.82. The van der Waals surface area contributed by atoms with E-state index in [1.807, 2.05) is 48.0 Å². The minimum Gasteiger partial charge on any atom is -0.383 e. The molecule has 1 saturated heterocycles. The molecule has 1 fully saturated rings. The molecule has 2 atom stereocenters. The summed E-state index contributed by atoms with van der Waals surface area (Å²) < 4.78 is 34.8. The highest BCUT2D eigenvalue weighted by atomic mass is 19.2. The number of Topliss-reactive ketones (excluding diaryl/α,β-unsaturated/α-hetero) is 1. The minimum atomic E-state index is -0.949. The fourth-order valence-corrected chi connectivity index (χ4v) is 5.73. The molecule has 3 heterocycles. The molecule has 2 aliphatic heterocycles. The number of para-hydroxylation sites is 1. The molecule has 3 aromatic rings. The van der Waals surface area contributed by atoms with Crippen LogP contribution in [-0.2, 0) is 25.6 Å². The van der Waals surface area contributed by atoms with Crippen LogP contribution >= 0.6 is 0 Å². The van der Waals surface area contributed by atoms with Crippen LogP contribution in [0.3, 0.4) is 0 Å². The molecule has 2 aromatic carbocycles. The van der Waals surface area contributed by atoms with Crippen LogP contribution < -0.4 is 0 Å². The van der Waals surface area contributed by atoms with E-state index in [4.69, 9.17) is 14.7 Å². The van der Waals surface area contributed by atoms with Crippen LogP contribution in [0.4, 0.5) is 8.78 Å². The summed E-state index contributed by atoms with van der Waals surface area (Å²) in [5.74, 6) is -2.10. The Balaban J connectivity index is 1.40. The van der Waals surface area contributed by atoms with Crippen molar-refractivity contribution in [2.45, 2.75) is 39.2 Å². The Bertz CT molecular complexity index is 1470. The van der Waals surface area contributed by atoms with Crippen molar-refractivity contribution in [1.29, 1.82) is 0 Å². The molecule has 0 bridgehead atoms. The van der Waals surface area contributed by atoms with Gasteiger partial charge >= 0.3 is 0 Å². The Morgan fingerprint density at radius 1 is 1.12 bits per heavy atom. The van der Waals surface area contributed by atoms with Crippen molar-refractivity contribution in [3.05, 3.63) is 88.8 Å². The van der Waals surface area contributed by atoms with E-state index in [0.29, 0.717) is 44.8 Å². The number of aromatic nitrogens is 2. The van der Waals surface area contributed by atoms with Gasteiger partial charge in [-0.1, -0.05) is 30.3 Å². The molecule has 222 valence electrons. The van der Waals surface area contributed by atoms with Gasteiger partial charge in [-0.2, -0.15) is 10.2 Å². The van der Waals surface area contributed by atoms with Gasteiger partial charge in [-0.3, -0.25) is 14.4 Å². The third-order valence-corrected chi connectivity index (χ3v) is 8.00. The third-order valence-electron chi connectivity index (χ3n) is 8.00. The van der Waals surface area contributed by atoms with Gasteiger partial charge in [-0.05, 0) is 54.3 Å². The van der Waals surface area contributed by atoms with Crippen molar-refractivity contribution < 1.29 is 27.9 Å². The SMILES string of the molecule is COCCN1C[C@@H](CC(=O)Cc2c(C)c(C3=CCN(C(C)=O)CC3)nn2-c2ccccc2)[C@H](c2ccc(F)c(F)c2)O1. The Labute approximate surface area is 244 Å². The van der Waals surface area contributed by atoms with Gasteiger partial charge in [-0.25, -0.2) is 13.5 Å². The number of ketones is 1. The fourth-order valence-electron chi connectivity index (χ4n) is 5.73. The maximum Gasteiger partial charge on any atom is 0.219 e. The Morgan fingerprint density at radius 3 is 2.57 bits per heavy atom. The summed E-state index contributed by atoms with van der Waals surface area (Å²) in [7, 11) is 1.60. The first-order valence-corrected chi connectivity index (χ1v) is 14.2. The number of rotatable bonds is 10. The molecule has 0 aliphatic carbocycles. The molecule has 1 amide bonds. The first-order valence-electron chi connectivity index (χ1n) is 14.2. The van der Waals surface area contributed by atoms with Crippen molar-refractivity contribution in [3.8, 4) is 5.69 Å². The molecule has 0 spiro atoms. The zero-order valence-corrected chi connectivity index (χ0v) is 24.2. The van der Waals surface area contributed by atoms with Crippen molar-refractivity contribution in [3.63, 3.8) is 0 Å². The second-order valence-corrected chi connectivity index (χ2v) is 10.9. The molecule has 1 aromatic heterocycles. The van der Waals surface area contributed by atoms with E-state index in [9.17, 15) is 18.4 Å². The van der Waals surface area contributed by atoms with Crippen LogP contribution in [0.2, 0.25) is 0 Å². The van der Waals surface area contributed by atoms with Gasteiger partial charge in [0.25, 0.3) is 0 Å². The van der Waals surface area contributed by atoms with E-state index in [2.05, 4.69) is 0 Å². The van der Waals surface area contributed by atoms with Gasteiger partial charge in [0.15, 0.2) is 11.6 Å². The van der Waals surface area contributed by atoms with Gasteiger partial charge < -0.3 is 9.64 Å². The number of nitrogens with zero attached hydrogens (tertiary/aromatic N) is 4. The smallest absolute Gasteiger partial charge is 0.219 e. The first-order chi connectivity index (χ1) is 20.2. The van der Waals surface area contributed by atoms with E-state index in [0.717, 1.165) is 40.3 Å². The molecule has 42 heavy (non-hydrogen) atoms. The van der Waals surface area contributed by atoms with Crippen LogP contribution in [0.1, 0.15) is 48.4 Å². The van der Waals surface area contributed by atoms with E-state index >= 15 is 0 Å². The average Bonchev–Trinajstić information content (AvgIpc) is 3.54. The zero-order valence-electron chi connectivity index (χ0n) is 24.2. The monoisotopic (exact) mass is 578 g/mol. The molecule has 5 rings (SSSR count). The van der Waals surface area contributed by atoms with Crippen LogP contribution in [-0.4, -0.2) is 71.3 Å². The van der Waals surface area contributed by atoms with Gasteiger partial charge in [0.1, 0.15) is 11.9 Å². The molecular formula is C32H36F2N4O4. The summed E-state index contributed by atoms with van der Waals surface area (Å²) >= 11 is 0. The number of amides is 1. The molecule has 0 N–H and O–H groups in total. The molecular weight excluding hydrogens is 542 g/mol. The lowest BCUT2D eigenvalue weighted by Crippen LogP contribution is -2.32. The lowest BCUT2D eigenvalue weighted by Gasteiger charge is -2.24. The Morgan fingerprint density at radius 2 is 1.90 bits per heavy atom. The van der Waals surface area contributed by atoms with Crippen LogP contribution in [0.25, 0.3) is 11.3 Å². The highest BCUT2D eigenvalue weighted by Gasteiger charge is 2.37. The zero-order chi connectivity index (χ0) is 29.8. The third kappa shape index (κ3) is 6.51. The Hall–Kier alpha value is -3.73. The van der Waals surface area contributed by atoms with E-state index in [1.165, 1.54) is 6.07 Å². The molecule has 2 aliphatic rings. The summed E-state index contributed by atoms with van der Waals surface area (Å²) in [6, 6.07) is 13.4. The number of benzene rings is 2. The molecule has 0 saturated carbocycles. The van der Waals surface area contributed by atoms with Gasteiger partial charge in [0.05, 0.1) is 23.7 Å². The number of halogens is 2. The largest absolute Gasteiger partial charge is 0.383 e. The predicted molar refractivity (Wildman–Crippen MR) is 154 cm³/mol. The van der Waals surface area contributed by atoms with Crippen molar-refractivity contribution in [2.24, 2.45) is 5.92 Å². The number of methoxy groups -OCH3 is 1. The van der Waals surface area contributed by atoms with Crippen LogP contribution in [0.5, 0.6) is 0 Å². The quantitative estimate of drug-likeness (QED) is 0.343. The van der Waals surface area contributed by atoms with Gasteiger partial charge in [0, 0.05) is 59.0 Å². The minimum absolute atomic E-state index is 0.00288. The molecule has 10 heteroatoms. The summed E-state index contributed by atoms with van der Waals surface area (Å²) in [6.07, 6.45) is 2.48. The maximum absolute atomic E-state index is 14.1. The normalized spacial score (nSPS) is 19.3. The second-order valence-electron chi connectivity index (χ2n) is 10.9. The lowest BCUT2D eigenvalue weighted by molar-refractivity contribution is -0.155. The van der Waals surface area contributed by atoms with Crippen molar-refractivity contribution >= 4 is 17.3 Å².